The van der Waals surface area contributed by atoms with Gasteiger partial charge in [-0.3, -0.25) is 14.4 Å². The van der Waals surface area contributed by atoms with Crippen molar-refractivity contribution in [3.05, 3.63) is 0 Å². The van der Waals surface area contributed by atoms with Gasteiger partial charge >= 0.3 is 17.9 Å². The highest BCUT2D eigenvalue weighted by Crippen LogP contribution is 2.64. The molecule has 0 saturated heterocycles. The summed E-state index contributed by atoms with van der Waals surface area (Å²) in [4.78, 5) is 35.2. The molecule has 0 aromatic heterocycles. The third-order valence-corrected chi connectivity index (χ3v) is 6.67. The molecule has 0 amide bonds. The molecule has 2 saturated carbocycles. The third kappa shape index (κ3) is 3.74. The maximum atomic E-state index is 11.8. The molecule has 26 heavy (non-hydrogen) atoms. The van der Waals surface area contributed by atoms with Crippen molar-refractivity contribution >= 4 is 17.9 Å². The van der Waals surface area contributed by atoms with Crippen LogP contribution in [0.3, 0.4) is 0 Å². The summed E-state index contributed by atoms with van der Waals surface area (Å²) >= 11 is 0. The van der Waals surface area contributed by atoms with Gasteiger partial charge in [-0.15, -0.1) is 0 Å². The quantitative estimate of drug-likeness (QED) is 0.763. The lowest BCUT2D eigenvalue weighted by Crippen LogP contribution is -2.64. The average Bonchev–Trinajstić information content (AvgIpc) is 2.40. The molecule has 6 nitrogen and oxygen atoms in total. The van der Waals surface area contributed by atoms with Gasteiger partial charge in [-0.1, -0.05) is 27.2 Å². The minimum Gasteiger partial charge on any atom is -0.481 e. The zero-order chi connectivity index (χ0) is 19.9. The van der Waals surface area contributed by atoms with E-state index in [1.807, 2.05) is 0 Å². The molecule has 2 aliphatic rings. The minimum atomic E-state index is -0.983. The number of rotatable bonds is 4. The summed E-state index contributed by atoms with van der Waals surface area (Å²) in [7, 11) is 0. The van der Waals surface area contributed by atoms with E-state index in [1.54, 1.807) is 6.92 Å². The van der Waals surface area contributed by atoms with Crippen molar-refractivity contribution in [2.75, 3.05) is 0 Å². The van der Waals surface area contributed by atoms with Gasteiger partial charge in [0.2, 0.25) is 0 Å². The normalized spacial score (nSPS) is 38.8. The molecule has 0 bridgehead atoms. The molecule has 2 fully saturated rings. The second-order valence-electron chi connectivity index (χ2n) is 9.23. The van der Waals surface area contributed by atoms with Crippen molar-refractivity contribution in [3.8, 4) is 0 Å². The van der Waals surface area contributed by atoms with E-state index < -0.39 is 29.1 Å². The lowest BCUT2D eigenvalue weighted by molar-refractivity contribution is -0.235. The first-order valence-electron chi connectivity index (χ1n) is 9.40. The first-order valence-corrected chi connectivity index (χ1v) is 9.40. The van der Waals surface area contributed by atoms with E-state index >= 15 is 0 Å². The second-order valence-corrected chi connectivity index (χ2v) is 9.23. The van der Waals surface area contributed by atoms with Crippen LogP contribution >= 0.6 is 0 Å². The molecule has 2 aliphatic carbocycles. The summed E-state index contributed by atoms with van der Waals surface area (Å²) < 4.78 is 11.4. The van der Waals surface area contributed by atoms with Crippen molar-refractivity contribution in [2.45, 2.75) is 85.4 Å². The first kappa shape index (κ1) is 20.7. The molecule has 0 spiro atoms. The van der Waals surface area contributed by atoms with E-state index in [4.69, 9.17) is 9.47 Å². The fraction of sp³-hybridized carbons (Fsp3) is 0.850. The van der Waals surface area contributed by atoms with Gasteiger partial charge in [0.1, 0.15) is 11.7 Å². The van der Waals surface area contributed by atoms with Crippen molar-refractivity contribution in [3.63, 3.8) is 0 Å². The zero-order valence-corrected chi connectivity index (χ0v) is 16.8. The Labute approximate surface area is 155 Å². The second kappa shape index (κ2) is 6.86. The summed E-state index contributed by atoms with van der Waals surface area (Å²) in [5.41, 5.74) is -1.48. The average molecular weight is 368 g/mol. The highest BCUT2D eigenvalue weighted by atomic mass is 16.6. The van der Waals surface area contributed by atoms with Gasteiger partial charge in [0, 0.05) is 32.1 Å². The fourth-order valence-corrected chi connectivity index (χ4v) is 6.19. The predicted molar refractivity (Wildman–Crippen MR) is 95.3 cm³/mol. The molecule has 2 rings (SSSR count). The topological polar surface area (TPSA) is 89.9 Å². The van der Waals surface area contributed by atoms with Crippen LogP contribution in [0.2, 0.25) is 0 Å². The molecule has 0 aromatic rings. The van der Waals surface area contributed by atoms with E-state index in [0.717, 1.165) is 19.3 Å². The molecular formula is C20H32O6. The lowest BCUT2D eigenvalue weighted by Gasteiger charge is -2.63. The Morgan fingerprint density at radius 3 is 2.15 bits per heavy atom. The van der Waals surface area contributed by atoms with Gasteiger partial charge in [-0.2, -0.15) is 0 Å². The molecule has 1 N–H and O–H groups in total. The number of carboxylic acids is 1. The van der Waals surface area contributed by atoms with Crippen LogP contribution in [0.1, 0.15) is 73.6 Å². The highest BCUT2D eigenvalue weighted by molar-refractivity contribution is 5.69. The zero-order valence-electron chi connectivity index (χ0n) is 16.8. The number of aliphatic carboxylic acids is 1. The van der Waals surface area contributed by atoms with Crippen LogP contribution in [0.4, 0.5) is 0 Å². The van der Waals surface area contributed by atoms with Gasteiger partial charge in [0.25, 0.3) is 0 Å². The molecule has 0 unspecified atom stereocenters. The number of carboxylic acid groups (broad SMARTS) is 1. The maximum absolute atomic E-state index is 11.8. The van der Waals surface area contributed by atoms with Crippen LogP contribution < -0.4 is 0 Å². The van der Waals surface area contributed by atoms with Crippen LogP contribution in [0, 0.1) is 22.7 Å². The molecule has 0 radical (unpaired) electrons. The van der Waals surface area contributed by atoms with Crippen LogP contribution in [-0.2, 0) is 23.9 Å². The van der Waals surface area contributed by atoms with E-state index in [-0.39, 0.29) is 29.6 Å². The van der Waals surface area contributed by atoms with Gasteiger partial charge in [-0.05, 0) is 30.6 Å². The maximum Gasteiger partial charge on any atom is 0.303 e. The molecule has 148 valence electrons. The standard InChI is InChI=1S/C20H32O6/c1-12(21)25-14-11-20(6,26-13(2)22)15(10-16(23)24)19(5)9-7-8-18(3,4)17(14)19/h14-15,17H,7-11H2,1-6H3,(H,23,24)/t14-,15+,17-,19+,20+/m0/s1. The number of fused-ring (bicyclic) bond motifs is 1. The number of esters is 2. The molecule has 0 aliphatic heterocycles. The minimum absolute atomic E-state index is 0.0145. The number of carbonyl (C=O) groups excluding carboxylic acids is 2. The van der Waals surface area contributed by atoms with Crippen molar-refractivity contribution in [1.82, 2.24) is 0 Å². The Morgan fingerprint density at radius 1 is 1.04 bits per heavy atom. The molecular weight excluding hydrogens is 336 g/mol. The molecule has 0 aromatic carbocycles. The molecule has 0 heterocycles. The number of hydrogen-bond donors (Lipinski definition) is 1. The lowest BCUT2D eigenvalue weighted by atomic mass is 9.44. The van der Waals surface area contributed by atoms with E-state index in [0.29, 0.717) is 6.42 Å². The van der Waals surface area contributed by atoms with E-state index in [1.165, 1.54) is 13.8 Å². The van der Waals surface area contributed by atoms with Crippen LogP contribution in [0.5, 0.6) is 0 Å². The molecule has 6 heteroatoms. The molecule has 5 atom stereocenters. The first-order chi connectivity index (χ1) is 11.8. The number of hydrogen-bond acceptors (Lipinski definition) is 5. The van der Waals surface area contributed by atoms with Gasteiger partial charge < -0.3 is 14.6 Å². The summed E-state index contributed by atoms with van der Waals surface area (Å²) in [5.74, 6) is -2.03. The SMILES string of the molecule is CC(=O)O[C@H]1C[C@@](C)(OC(C)=O)[C@H](CC(=O)O)[C@@]2(C)CCCC(C)(C)[C@H]12. The van der Waals surface area contributed by atoms with Crippen LogP contribution in [-0.4, -0.2) is 34.7 Å². The Morgan fingerprint density at radius 2 is 1.65 bits per heavy atom. The van der Waals surface area contributed by atoms with Crippen LogP contribution in [0.15, 0.2) is 0 Å². The van der Waals surface area contributed by atoms with Crippen molar-refractivity contribution in [2.24, 2.45) is 22.7 Å². The summed E-state index contributed by atoms with van der Waals surface area (Å²) in [5, 5.41) is 9.55. The van der Waals surface area contributed by atoms with Crippen LogP contribution in [0.25, 0.3) is 0 Å². The predicted octanol–water partition coefficient (Wildman–Crippen LogP) is 3.57. The summed E-state index contributed by atoms with van der Waals surface area (Å²) in [6.45, 7) is 10.9. The largest absolute Gasteiger partial charge is 0.481 e. The Balaban J connectivity index is 2.58. The summed E-state index contributed by atoms with van der Waals surface area (Å²) in [6, 6.07) is 0. The highest BCUT2D eigenvalue weighted by Gasteiger charge is 2.64. The monoisotopic (exact) mass is 368 g/mol. The number of carbonyl (C=O) groups is 3. The van der Waals surface area contributed by atoms with Gasteiger partial charge in [0.15, 0.2) is 0 Å². The third-order valence-electron chi connectivity index (χ3n) is 6.67. The number of ether oxygens (including phenoxy) is 2. The fourth-order valence-electron chi connectivity index (χ4n) is 6.19. The summed E-state index contributed by atoms with van der Waals surface area (Å²) in [6.07, 6.45) is 2.65. The Bertz CT molecular complexity index is 597. The Hall–Kier alpha value is -1.59. The van der Waals surface area contributed by atoms with E-state index in [9.17, 15) is 19.5 Å². The van der Waals surface area contributed by atoms with Crippen molar-refractivity contribution < 1.29 is 29.0 Å². The van der Waals surface area contributed by atoms with Gasteiger partial charge in [-0.25, -0.2) is 0 Å². The van der Waals surface area contributed by atoms with Crippen molar-refractivity contribution in [1.29, 1.82) is 0 Å². The Kier molecular flexibility index (Phi) is 5.46. The van der Waals surface area contributed by atoms with E-state index in [2.05, 4.69) is 20.8 Å². The van der Waals surface area contributed by atoms with Gasteiger partial charge in [0.05, 0.1) is 6.42 Å². The smallest absolute Gasteiger partial charge is 0.303 e.